The molecule has 5 heteroatoms. The molecule has 1 amide bonds. The van der Waals surface area contributed by atoms with Gasteiger partial charge in [0.1, 0.15) is 0 Å². The molecule has 146 valence electrons. The number of hydrogen-bond acceptors (Lipinski definition) is 3. The highest BCUT2D eigenvalue weighted by Gasteiger charge is 2.53. The van der Waals surface area contributed by atoms with Gasteiger partial charge in [0.2, 0.25) is 5.91 Å². The zero-order chi connectivity index (χ0) is 19.1. The Bertz CT molecular complexity index is 920. The van der Waals surface area contributed by atoms with Crippen LogP contribution in [0.4, 0.5) is 0 Å². The fraction of sp³-hybridized carbons (Fsp3) is 0.522. The Balaban J connectivity index is 1.20. The summed E-state index contributed by atoms with van der Waals surface area (Å²) in [6.45, 7) is 2.30. The smallest absolute Gasteiger partial charge is 0.253 e. The van der Waals surface area contributed by atoms with E-state index in [-0.39, 0.29) is 11.0 Å². The predicted octanol–water partition coefficient (Wildman–Crippen LogP) is 3.09. The number of likely N-dealkylation sites (tertiary alicyclic amines) is 1. The van der Waals surface area contributed by atoms with Gasteiger partial charge in [-0.3, -0.25) is 14.2 Å². The Morgan fingerprint density at radius 1 is 1.07 bits per heavy atom. The molecule has 2 aliphatic carbocycles. The normalized spacial score (nSPS) is 21.5. The summed E-state index contributed by atoms with van der Waals surface area (Å²) in [6, 6.07) is 11.9. The van der Waals surface area contributed by atoms with E-state index in [1.54, 1.807) is 17.0 Å². The van der Waals surface area contributed by atoms with Gasteiger partial charge in [0.05, 0.1) is 17.4 Å². The van der Waals surface area contributed by atoms with Gasteiger partial charge in [0, 0.05) is 31.6 Å². The van der Waals surface area contributed by atoms with Crippen molar-refractivity contribution in [3.8, 4) is 0 Å². The summed E-state index contributed by atoms with van der Waals surface area (Å²) in [5.74, 6) is 1.24. The van der Waals surface area contributed by atoms with Crippen molar-refractivity contribution in [1.29, 1.82) is 0 Å². The maximum absolute atomic E-state index is 13.2. The number of carbonyl (C=O) groups excluding carboxylic acids is 1. The van der Waals surface area contributed by atoms with Crippen LogP contribution in [-0.2, 0) is 16.8 Å². The second-order valence-electron chi connectivity index (χ2n) is 8.76. The van der Waals surface area contributed by atoms with Crippen molar-refractivity contribution in [3.05, 3.63) is 64.3 Å². The van der Waals surface area contributed by atoms with Crippen molar-refractivity contribution in [2.45, 2.75) is 56.4 Å². The van der Waals surface area contributed by atoms with Crippen molar-refractivity contribution >= 4 is 5.91 Å². The van der Waals surface area contributed by atoms with Gasteiger partial charge in [-0.1, -0.05) is 30.3 Å². The topological polar surface area (TPSA) is 55.2 Å². The molecule has 2 saturated carbocycles. The Kier molecular flexibility index (Phi) is 4.33. The van der Waals surface area contributed by atoms with E-state index in [1.165, 1.54) is 0 Å². The quantitative estimate of drug-likeness (QED) is 0.805. The average molecular weight is 377 g/mol. The molecule has 1 saturated heterocycles. The second kappa shape index (κ2) is 6.87. The molecule has 0 unspecified atom stereocenters. The largest absolute Gasteiger partial charge is 0.342 e. The van der Waals surface area contributed by atoms with Crippen LogP contribution in [0.1, 0.15) is 55.7 Å². The first-order valence-electron chi connectivity index (χ1n) is 10.6. The molecule has 28 heavy (non-hydrogen) atoms. The maximum atomic E-state index is 13.2. The zero-order valence-electron chi connectivity index (χ0n) is 16.2. The SMILES string of the molecule is O=C(N1CCC(Cn2cnc(C3CC3)cc2=O)CC1)C1(c2ccccc2)CC1. The van der Waals surface area contributed by atoms with E-state index in [1.807, 2.05) is 23.1 Å². The van der Waals surface area contributed by atoms with E-state index in [0.29, 0.717) is 24.3 Å². The number of rotatable bonds is 5. The Labute approximate surface area is 165 Å². The molecule has 5 rings (SSSR count). The highest BCUT2D eigenvalue weighted by atomic mass is 16.2. The molecule has 1 aromatic carbocycles. The van der Waals surface area contributed by atoms with Crippen LogP contribution >= 0.6 is 0 Å². The molecule has 0 atom stereocenters. The lowest BCUT2D eigenvalue weighted by atomic mass is 9.91. The standard InChI is InChI=1S/C23H27N3O2/c27-21-14-20(18-6-7-18)24-16-26(21)15-17-8-12-25(13-9-17)22(28)23(10-11-23)19-4-2-1-3-5-19/h1-5,14,16-18H,6-13,15H2. The lowest BCUT2D eigenvalue weighted by molar-refractivity contribution is -0.135. The van der Waals surface area contributed by atoms with E-state index in [4.69, 9.17) is 0 Å². The Hall–Kier alpha value is -2.43. The number of amides is 1. The van der Waals surface area contributed by atoms with Crippen LogP contribution in [0.2, 0.25) is 0 Å². The van der Waals surface area contributed by atoms with Gasteiger partial charge in [-0.15, -0.1) is 0 Å². The third-order valence-electron chi connectivity index (χ3n) is 6.74. The molecule has 3 fully saturated rings. The number of hydrogen-bond donors (Lipinski definition) is 0. The summed E-state index contributed by atoms with van der Waals surface area (Å²) in [5.41, 5.74) is 1.91. The van der Waals surface area contributed by atoms with E-state index >= 15 is 0 Å². The van der Waals surface area contributed by atoms with Crippen LogP contribution in [0.25, 0.3) is 0 Å². The Morgan fingerprint density at radius 2 is 1.79 bits per heavy atom. The van der Waals surface area contributed by atoms with Crippen molar-refractivity contribution < 1.29 is 4.79 Å². The first-order valence-corrected chi connectivity index (χ1v) is 10.6. The fourth-order valence-corrected chi connectivity index (χ4v) is 4.59. The van der Waals surface area contributed by atoms with Gasteiger partial charge < -0.3 is 4.90 Å². The molecule has 0 bridgehead atoms. The minimum Gasteiger partial charge on any atom is -0.342 e. The molecule has 0 spiro atoms. The number of nitrogens with zero attached hydrogens (tertiary/aromatic N) is 3. The number of benzene rings is 1. The molecule has 3 aliphatic rings. The minimum absolute atomic E-state index is 0.0661. The summed E-state index contributed by atoms with van der Waals surface area (Å²) >= 11 is 0. The highest BCUT2D eigenvalue weighted by Crippen LogP contribution is 2.49. The third kappa shape index (κ3) is 3.27. The van der Waals surface area contributed by atoms with Crippen LogP contribution in [0.15, 0.2) is 47.5 Å². The molecule has 2 aromatic rings. The highest BCUT2D eigenvalue weighted by molar-refractivity contribution is 5.91. The number of aromatic nitrogens is 2. The summed E-state index contributed by atoms with van der Waals surface area (Å²) in [5, 5.41) is 0. The molecule has 2 heterocycles. The van der Waals surface area contributed by atoms with Gasteiger partial charge in [-0.2, -0.15) is 0 Å². The molecule has 1 aromatic heterocycles. The van der Waals surface area contributed by atoms with Crippen molar-refractivity contribution in [2.24, 2.45) is 5.92 Å². The fourth-order valence-electron chi connectivity index (χ4n) is 4.59. The van der Waals surface area contributed by atoms with Crippen LogP contribution < -0.4 is 5.56 Å². The average Bonchev–Trinajstić information content (AvgIpc) is 3.64. The number of carbonyl (C=O) groups is 1. The monoisotopic (exact) mass is 377 g/mol. The van der Waals surface area contributed by atoms with Crippen LogP contribution in [0.3, 0.4) is 0 Å². The van der Waals surface area contributed by atoms with E-state index in [0.717, 1.165) is 62.9 Å². The van der Waals surface area contributed by atoms with Crippen LogP contribution in [0.5, 0.6) is 0 Å². The summed E-state index contributed by atoms with van der Waals surface area (Å²) in [7, 11) is 0. The Morgan fingerprint density at radius 3 is 2.39 bits per heavy atom. The molecule has 0 radical (unpaired) electrons. The van der Waals surface area contributed by atoms with Gasteiger partial charge in [0.15, 0.2) is 0 Å². The predicted molar refractivity (Wildman–Crippen MR) is 107 cm³/mol. The molecule has 1 aliphatic heterocycles. The number of piperidine rings is 1. The second-order valence-corrected chi connectivity index (χ2v) is 8.76. The summed E-state index contributed by atoms with van der Waals surface area (Å²) < 4.78 is 1.75. The van der Waals surface area contributed by atoms with Crippen molar-refractivity contribution in [3.63, 3.8) is 0 Å². The molecular formula is C23H27N3O2. The van der Waals surface area contributed by atoms with Gasteiger partial charge in [-0.25, -0.2) is 4.98 Å². The van der Waals surface area contributed by atoms with Crippen LogP contribution in [0, 0.1) is 5.92 Å². The minimum atomic E-state index is -0.270. The maximum Gasteiger partial charge on any atom is 0.253 e. The summed E-state index contributed by atoms with van der Waals surface area (Å²) in [4.78, 5) is 32.1. The van der Waals surface area contributed by atoms with Crippen molar-refractivity contribution in [2.75, 3.05) is 13.1 Å². The lowest BCUT2D eigenvalue weighted by Gasteiger charge is -2.34. The molecule has 5 nitrogen and oxygen atoms in total. The molecular weight excluding hydrogens is 350 g/mol. The van der Waals surface area contributed by atoms with Gasteiger partial charge in [0.25, 0.3) is 5.56 Å². The third-order valence-corrected chi connectivity index (χ3v) is 6.74. The van der Waals surface area contributed by atoms with E-state index in [2.05, 4.69) is 17.1 Å². The summed E-state index contributed by atoms with van der Waals surface area (Å²) in [6.07, 6.45) is 7.87. The first kappa shape index (κ1) is 17.7. The van der Waals surface area contributed by atoms with Gasteiger partial charge in [-0.05, 0) is 50.0 Å². The van der Waals surface area contributed by atoms with Crippen molar-refractivity contribution in [1.82, 2.24) is 14.5 Å². The molecule has 0 N–H and O–H groups in total. The van der Waals surface area contributed by atoms with E-state index < -0.39 is 0 Å². The first-order chi connectivity index (χ1) is 13.7. The lowest BCUT2D eigenvalue weighted by Crippen LogP contribution is -2.44. The van der Waals surface area contributed by atoms with Gasteiger partial charge >= 0.3 is 0 Å². The van der Waals surface area contributed by atoms with E-state index in [9.17, 15) is 9.59 Å². The zero-order valence-corrected chi connectivity index (χ0v) is 16.2. The van der Waals surface area contributed by atoms with Crippen LogP contribution in [-0.4, -0.2) is 33.4 Å².